The summed E-state index contributed by atoms with van der Waals surface area (Å²) < 4.78 is 51.5. The van der Waals surface area contributed by atoms with E-state index in [2.05, 4.69) is 5.32 Å². The molecule has 0 bridgehead atoms. The number of alkyl halides is 3. The van der Waals surface area contributed by atoms with E-state index < -0.39 is 28.2 Å². The van der Waals surface area contributed by atoms with Crippen molar-refractivity contribution >= 4 is 23.0 Å². The number of nitro benzene ring substituents is 1. The number of rotatable bonds is 4. The van der Waals surface area contributed by atoms with Gasteiger partial charge in [-0.2, -0.15) is 13.2 Å². The van der Waals surface area contributed by atoms with Gasteiger partial charge in [0.15, 0.2) is 0 Å². The molecule has 0 aliphatic carbocycles. The summed E-state index contributed by atoms with van der Waals surface area (Å²) in [6.07, 6.45) is -3.91. The third-order valence-electron chi connectivity index (χ3n) is 4.82. The molecule has 154 valence electrons. The van der Waals surface area contributed by atoms with Gasteiger partial charge >= 0.3 is 6.18 Å². The van der Waals surface area contributed by atoms with Gasteiger partial charge < -0.3 is 10.2 Å². The summed E-state index contributed by atoms with van der Waals surface area (Å²) in [6.45, 7) is 0.571. The van der Waals surface area contributed by atoms with Gasteiger partial charge in [0.05, 0.1) is 10.5 Å². The van der Waals surface area contributed by atoms with Crippen molar-refractivity contribution in [1.29, 1.82) is 0 Å². The van der Waals surface area contributed by atoms with E-state index in [0.717, 1.165) is 12.1 Å². The zero-order valence-electron chi connectivity index (χ0n) is 15.1. The predicted octanol–water partition coefficient (Wildman–Crippen LogP) is 4.61. The molecule has 6 nitrogen and oxygen atoms in total. The first-order valence-electron chi connectivity index (χ1n) is 8.82. The van der Waals surface area contributed by atoms with Crippen molar-refractivity contribution in [2.24, 2.45) is 5.92 Å². The van der Waals surface area contributed by atoms with Crippen LogP contribution >= 0.6 is 0 Å². The third-order valence-corrected chi connectivity index (χ3v) is 4.82. The summed E-state index contributed by atoms with van der Waals surface area (Å²) in [7, 11) is 0. The Morgan fingerprint density at radius 1 is 1.10 bits per heavy atom. The SMILES string of the molecule is O=C(Nc1ccc(F)cc1)C1CCN(c2ccc(C(F)(F)F)cc2[N+](=O)[O-])CC1. The summed E-state index contributed by atoms with van der Waals surface area (Å²) >= 11 is 0. The fourth-order valence-corrected chi connectivity index (χ4v) is 3.27. The fourth-order valence-electron chi connectivity index (χ4n) is 3.27. The fraction of sp³-hybridized carbons (Fsp3) is 0.316. The monoisotopic (exact) mass is 411 g/mol. The quantitative estimate of drug-likeness (QED) is 0.453. The third kappa shape index (κ3) is 4.82. The molecule has 3 rings (SSSR count). The van der Waals surface area contributed by atoms with Crippen molar-refractivity contribution in [2.45, 2.75) is 19.0 Å². The Bertz CT molecular complexity index is 908. The average Bonchev–Trinajstić information content (AvgIpc) is 2.68. The molecule has 1 amide bonds. The van der Waals surface area contributed by atoms with Crippen molar-refractivity contribution in [3.05, 3.63) is 64.0 Å². The Morgan fingerprint density at radius 3 is 2.28 bits per heavy atom. The molecule has 10 heteroatoms. The maximum Gasteiger partial charge on any atom is 0.416 e. The lowest BCUT2D eigenvalue weighted by atomic mass is 9.95. The number of carbonyl (C=O) groups excluding carboxylic acids is 1. The van der Waals surface area contributed by atoms with Crippen LogP contribution in [0.5, 0.6) is 0 Å². The zero-order chi connectivity index (χ0) is 21.2. The van der Waals surface area contributed by atoms with Gasteiger partial charge in [0.2, 0.25) is 5.91 Å². The van der Waals surface area contributed by atoms with Crippen LogP contribution in [0.2, 0.25) is 0 Å². The minimum atomic E-state index is -4.67. The van der Waals surface area contributed by atoms with Crippen LogP contribution in [0.1, 0.15) is 18.4 Å². The molecule has 0 saturated carbocycles. The molecule has 1 heterocycles. The molecule has 1 aliphatic rings. The summed E-state index contributed by atoms with van der Waals surface area (Å²) in [6, 6.07) is 7.77. The first kappa shape index (κ1) is 20.6. The highest BCUT2D eigenvalue weighted by Crippen LogP contribution is 2.37. The summed E-state index contributed by atoms with van der Waals surface area (Å²) in [5.41, 5.74) is -1.15. The van der Waals surface area contributed by atoms with E-state index in [4.69, 9.17) is 0 Å². The van der Waals surface area contributed by atoms with Crippen molar-refractivity contribution < 1.29 is 27.3 Å². The molecule has 0 spiro atoms. The smallest absolute Gasteiger partial charge is 0.366 e. The van der Waals surface area contributed by atoms with Crippen LogP contribution in [0.15, 0.2) is 42.5 Å². The van der Waals surface area contributed by atoms with Gasteiger partial charge in [-0.25, -0.2) is 4.39 Å². The van der Waals surface area contributed by atoms with Crippen LogP contribution in [0.3, 0.4) is 0 Å². The molecular formula is C19H17F4N3O3. The van der Waals surface area contributed by atoms with Crippen molar-refractivity contribution in [1.82, 2.24) is 0 Å². The van der Waals surface area contributed by atoms with Gasteiger partial charge in [0.25, 0.3) is 5.69 Å². The lowest BCUT2D eigenvalue weighted by Crippen LogP contribution is -2.38. The normalized spacial score (nSPS) is 15.2. The highest BCUT2D eigenvalue weighted by Gasteiger charge is 2.34. The van der Waals surface area contributed by atoms with Crippen molar-refractivity contribution in [3.8, 4) is 0 Å². The molecule has 0 aromatic heterocycles. The van der Waals surface area contributed by atoms with E-state index in [1.807, 2.05) is 0 Å². The lowest BCUT2D eigenvalue weighted by molar-refractivity contribution is -0.384. The number of halogens is 4. The highest BCUT2D eigenvalue weighted by molar-refractivity contribution is 5.92. The van der Waals surface area contributed by atoms with Crippen molar-refractivity contribution in [2.75, 3.05) is 23.3 Å². The average molecular weight is 411 g/mol. The second-order valence-corrected chi connectivity index (χ2v) is 6.72. The summed E-state index contributed by atoms with van der Waals surface area (Å²) in [5, 5.41) is 14.0. The molecule has 1 N–H and O–H groups in total. The van der Waals surface area contributed by atoms with Crippen molar-refractivity contribution in [3.63, 3.8) is 0 Å². The number of nitro groups is 1. The van der Waals surface area contributed by atoms with E-state index >= 15 is 0 Å². The zero-order valence-corrected chi connectivity index (χ0v) is 15.1. The highest BCUT2D eigenvalue weighted by atomic mass is 19.4. The van der Waals surface area contributed by atoms with Crippen LogP contribution in [0.25, 0.3) is 0 Å². The molecule has 1 fully saturated rings. The molecule has 29 heavy (non-hydrogen) atoms. The number of anilines is 2. The largest absolute Gasteiger partial charge is 0.416 e. The molecule has 2 aromatic carbocycles. The van der Waals surface area contributed by atoms with Crippen LogP contribution < -0.4 is 10.2 Å². The number of amides is 1. The molecule has 1 saturated heterocycles. The van der Waals surface area contributed by atoms with E-state index in [-0.39, 0.29) is 30.6 Å². The Labute approximate surface area is 163 Å². The van der Waals surface area contributed by atoms with Gasteiger partial charge in [-0.05, 0) is 49.2 Å². The maximum atomic E-state index is 12.9. The van der Waals surface area contributed by atoms with Crippen LogP contribution in [-0.4, -0.2) is 23.9 Å². The molecule has 1 aliphatic heterocycles. The Kier molecular flexibility index (Phi) is 5.71. The van der Waals surface area contributed by atoms with E-state index in [1.165, 1.54) is 24.3 Å². The van der Waals surface area contributed by atoms with Gasteiger partial charge in [-0.1, -0.05) is 0 Å². The standard InChI is InChI=1S/C19H17F4N3O3/c20-14-2-4-15(5-3-14)24-18(27)12-7-9-25(10-8-12)16-6-1-13(19(21,22)23)11-17(16)26(28)29/h1-6,11-12H,7-10H2,(H,24,27). The first-order valence-corrected chi connectivity index (χ1v) is 8.82. The molecule has 0 atom stereocenters. The van der Waals surface area contributed by atoms with Crippen LogP contribution in [0.4, 0.5) is 34.6 Å². The maximum absolute atomic E-state index is 12.9. The topological polar surface area (TPSA) is 75.5 Å². The molecule has 0 unspecified atom stereocenters. The van der Waals surface area contributed by atoms with Gasteiger partial charge in [-0.3, -0.25) is 14.9 Å². The molecular weight excluding hydrogens is 394 g/mol. The Balaban J connectivity index is 1.68. The Morgan fingerprint density at radius 2 is 1.72 bits per heavy atom. The van der Waals surface area contributed by atoms with Crippen LogP contribution in [-0.2, 0) is 11.0 Å². The number of hydrogen-bond donors (Lipinski definition) is 1. The Hall–Kier alpha value is -3.17. The number of piperidine rings is 1. The first-order chi connectivity index (χ1) is 13.6. The summed E-state index contributed by atoms with van der Waals surface area (Å²) in [4.78, 5) is 24.4. The molecule has 2 aromatic rings. The number of nitrogens with zero attached hydrogens (tertiary/aromatic N) is 2. The number of hydrogen-bond acceptors (Lipinski definition) is 4. The summed E-state index contributed by atoms with van der Waals surface area (Å²) in [5.74, 6) is -1.03. The predicted molar refractivity (Wildman–Crippen MR) is 98.1 cm³/mol. The molecule has 0 radical (unpaired) electrons. The minimum absolute atomic E-state index is 0.0976. The number of nitrogens with one attached hydrogen (secondary N) is 1. The second-order valence-electron chi connectivity index (χ2n) is 6.72. The van der Waals surface area contributed by atoms with Gasteiger partial charge in [-0.15, -0.1) is 0 Å². The van der Waals surface area contributed by atoms with E-state index in [9.17, 15) is 32.5 Å². The van der Waals surface area contributed by atoms with Gasteiger partial charge in [0.1, 0.15) is 11.5 Å². The van der Waals surface area contributed by atoms with E-state index in [1.54, 1.807) is 4.90 Å². The van der Waals surface area contributed by atoms with Gasteiger partial charge in [0, 0.05) is 30.8 Å². The lowest BCUT2D eigenvalue weighted by Gasteiger charge is -2.32. The number of carbonyl (C=O) groups is 1. The van der Waals surface area contributed by atoms with Crippen LogP contribution in [0, 0.1) is 21.8 Å². The van der Waals surface area contributed by atoms with E-state index in [0.29, 0.717) is 24.6 Å². The number of benzene rings is 2. The minimum Gasteiger partial charge on any atom is -0.366 e. The second kappa shape index (κ2) is 8.06.